The van der Waals surface area contributed by atoms with E-state index in [4.69, 9.17) is 0 Å². The maximum atomic E-state index is 12.8. The molecule has 1 amide bonds. The number of aromatic nitrogens is 3. The first-order valence-electron chi connectivity index (χ1n) is 9.01. The van der Waals surface area contributed by atoms with Gasteiger partial charge in [-0.05, 0) is 38.5 Å². The van der Waals surface area contributed by atoms with E-state index in [1.807, 2.05) is 6.33 Å². The van der Waals surface area contributed by atoms with Crippen LogP contribution >= 0.6 is 0 Å². The van der Waals surface area contributed by atoms with Gasteiger partial charge < -0.3 is 9.47 Å². The van der Waals surface area contributed by atoms with Gasteiger partial charge >= 0.3 is 0 Å². The summed E-state index contributed by atoms with van der Waals surface area (Å²) in [6.45, 7) is 1.78. The smallest absolute Gasteiger partial charge is 0.225 e. The Bertz CT molecular complexity index is 531. The van der Waals surface area contributed by atoms with E-state index in [0.29, 0.717) is 17.9 Å². The molecule has 1 aliphatic heterocycles. The number of amides is 1. The third kappa shape index (κ3) is 2.77. The number of carbonyl (C=O) groups is 1. The van der Waals surface area contributed by atoms with Crippen LogP contribution in [0.25, 0.3) is 0 Å². The number of likely N-dealkylation sites (tertiary alicyclic amines) is 1. The Morgan fingerprint density at radius 3 is 2.64 bits per heavy atom. The summed E-state index contributed by atoms with van der Waals surface area (Å²) in [6.07, 6.45) is 12.6. The molecule has 1 atom stereocenters. The Kier molecular flexibility index (Phi) is 3.89. The Labute approximate surface area is 132 Å². The molecule has 0 bridgehead atoms. The van der Waals surface area contributed by atoms with Crippen molar-refractivity contribution in [2.45, 2.75) is 69.7 Å². The summed E-state index contributed by atoms with van der Waals surface area (Å²) in [5.41, 5.74) is 0. The first kappa shape index (κ1) is 14.2. The topological polar surface area (TPSA) is 51.0 Å². The second kappa shape index (κ2) is 6.01. The quantitative estimate of drug-likeness (QED) is 0.862. The summed E-state index contributed by atoms with van der Waals surface area (Å²) in [4.78, 5) is 14.9. The molecule has 0 N–H and O–H groups in total. The fourth-order valence-electron chi connectivity index (χ4n) is 4.17. The van der Waals surface area contributed by atoms with E-state index in [-0.39, 0.29) is 5.92 Å². The number of carbonyl (C=O) groups excluding carboxylic acids is 1. The summed E-state index contributed by atoms with van der Waals surface area (Å²) >= 11 is 0. The van der Waals surface area contributed by atoms with Gasteiger partial charge in [0.15, 0.2) is 0 Å². The standard InChI is InChI=1S/C17H26N4O/c22-17(13-5-2-1-3-6-13)20-10-4-7-14(11-20)16-19-18-12-21(16)15-8-9-15/h12-15H,1-11H2. The van der Waals surface area contributed by atoms with Crippen LogP contribution in [-0.2, 0) is 4.79 Å². The average Bonchev–Trinajstić information content (AvgIpc) is 3.32. The molecule has 0 aromatic carbocycles. The highest BCUT2D eigenvalue weighted by Crippen LogP contribution is 2.38. The summed E-state index contributed by atoms with van der Waals surface area (Å²) in [5.74, 6) is 2.18. The second-order valence-corrected chi connectivity index (χ2v) is 7.29. The molecule has 3 aliphatic rings. The number of nitrogens with zero attached hydrogens (tertiary/aromatic N) is 4. The first-order valence-corrected chi connectivity index (χ1v) is 9.01. The van der Waals surface area contributed by atoms with E-state index < -0.39 is 0 Å². The Hall–Kier alpha value is -1.39. The van der Waals surface area contributed by atoms with Crippen molar-refractivity contribution in [2.75, 3.05) is 13.1 Å². The Balaban J connectivity index is 1.44. The molecule has 2 saturated carbocycles. The monoisotopic (exact) mass is 302 g/mol. The highest BCUT2D eigenvalue weighted by atomic mass is 16.2. The first-order chi connectivity index (χ1) is 10.8. The molecule has 0 radical (unpaired) electrons. The predicted octanol–water partition coefficient (Wildman–Crippen LogP) is 2.90. The molecule has 4 rings (SSSR count). The van der Waals surface area contributed by atoms with Crippen molar-refractivity contribution in [2.24, 2.45) is 5.92 Å². The lowest BCUT2D eigenvalue weighted by molar-refractivity contribution is -0.137. The van der Waals surface area contributed by atoms with Crippen molar-refractivity contribution < 1.29 is 4.79 Å². The van der Waals surface area contributed by atoms with Crippen LogP contribution in [0.3, 0.4) is 0 Å². The second-order valence-electron chi connectivity index (χ2n) is 7.29. The van der Waals surface area contributed by atoms with E-state index in [9.17, 15) is 4.79 Å². The number of hydrogen-bond acceptors (Lipinski definition) is 3. The van der Waals surface area contributed by atoms with Gasteiger partial charge in [-0.3, -0.25) is 4.79 Å². The molecule has 2 heterocycles. The van der Waals surface area contributed by atoms with Gasteiger partial charge in [-0.15, -0.1) is 10.2 Å². The summed E-state index contributed by atoms with van der Waals surface area (Å²) < 4.78 is 2.26. The minimum Gasteiger partial charge on any atom is -0.342 e. The van der Waals surface area contributed by atoms with E-state index >= 15 is 0 Å². The molecule has 5 nitrogen and oxygen atoms in total. The van der Waals surface area contributed by atoms with Gasteiger partial charge in [-0.2, -0.15) is 0 Å². The normalized spacial score (nSPS) is 27.1. The lowest BCUT2D eigenvalue weighted by Gasteiger charge is -2.35. The van der Waals surface area contributed by atoms with Crippen molar-refractivity contribution in [1.29, 1.82) is 0 Å². The fourth-order valence-corrected chi connectivity index (χ4v) is 4.17. The van der Waals surface area contributed by atoms with Crippen LogP contribution in [0.2, 0.25) is 0 Å². The van der Waals surface area contributed by atoms with Crippen LogP contribution < -0.4 is 0 Å². The van der Waals surface area contributed by atoms with Gasteiger partial charge in [0.25, 0.3) is 0 Å². The Morgan fingerprint density at radius 2 is 1.86 bits per heavy atom. The molecule has 1 aromatic heterocycles. The number of piperidine rings is 1. The molecular weight excluding hydrogens is 276 g/mol. The predicted molar refractivity (Wildman–Crippen MR) is 83.4 cm³/mol. The zero-order chi connectivity index (χ0) is 14.9. The Morgan fingerprint density at radius 1 is 1.05 bits per heavy atom. The molecule has 1 aromatic rings. The maximum Gasteiger partial charge on any atom is 0.225 e. The van der Waals surface area contributed by atoms with Gasteiger partial charge in [0.05, 0.1) is 0 Å². The summed E-state index contributed by atoms with van der Waals surface area (Å²) in [7, 11) is 0. The van der Waals surface area contributed by atoms with Crippen LogP contribution in [0.1, 0.15) is 75.6 Å². The van der Waals surface area contributed by atoms with Crippen molar-refractivity contribution >= 4 is 5.91 Å². The van der Waals surface area contributed by atoms with E-state index in [1.54, 1.807) is 0 Å². The average molecular weight is 302 g/mol. The van der Waals surface area contributed by atoms with Gasteiger partial charge in [0.2, 0.25) is 5.91 Å². The van der Waals surface area contributed by atoms with Gasteiger partial charge in [-0.25, -0.2) is 0 Å². The van der Waals surface area contributed by atoms with Crippen molar-refractivity contribution in [1.82, 2.24) is 19.7 Å². The maximum absolute atomic E-state index is 12.8. The fraction of sp³-hybridized carbons (Fsp3) is 0.824. The summed E-state index contributed by atoms with van der Waals surface area (Å²) in [6, 6.07) is 0.620. The molecule has 0 spiro atoms. The summed E-state index contributed by atoms with van der Waals surface area (Å²) in [5, 5.41) is 8.51. The lowest BCUT2D eigenvalue weighted by Crippen LogP contribution is -2.43. The van der Waals surface area contributed by atoms with Crippen molar-refractivity contribution in [3.63, 3.8) is 0 Å². The molecule has 2 aliphatic carbocycles. The number of rotatable bonds is 3. The highest BCUT2D eigenvalue weighted by molar-refractivity contribution is 5.79. The molecular formula is C17H26N4O. The van der Waals surface area contributed by atoms with Crippen LogP contribution in [0.4, 0.5) is 0 Å². The molecule has 5 heteroatoms. The van der Waals surface area contributed by atoms with Crippen LogP contribution in [0, 0.1) is 5.92 Å². The van der Waals surface area contributed by atoms with E-state index in [2.05, 4.69) is 19.7 Å². The third-order valence-electron chi connectivity index (χ3n) is 5.59. The van der Waals surface area contributed by atoms with Crippen molar-refractivity contribution in [3.05, 3.63) is 12.2 Å². The molecule has 22 heavy (non-hydrogen) atoms. The minimum absolute atomic E-state index is 0.286. The van der Waals surface area contributed by atoms with Crippen molar-refractivity contribution in [3.8, 4) is 0 Å². The molecule has 120 valence electrons. The van der Waals surface area contributed by atoms with Gasteiger partial charge in [0, 0.05) is 31.0 Å². The van der Waals surface area contributed by atoms with Crippen LogP contribution in [0.15, 0.2) is 6.33 Å². The third-order valence-corrected chi connectivity index (χ3v) is 5.59. The molecule has 1 saturated heterocycles. The van der Waals surface area contributed by atoms with Crippen LogP contribution in [-0.4, -0.2) is 38.7 Å². The number of hydrogen-bond donors (Lipinski definition) is 0. The highest BCUT2D eigenvalue weighted by Gasteiger charge is 2.34. The largest absolute Gasteiger partial charge is 0.342 e. The van der Waals surface area contributed by atoms with E-state index in [0.717, 1.165) is 44.6 Å². The molecule has 1 unspecified atom stereocenters. The minimum atomic E-state index is 0.286. The van der Waals surface area contributed by atoms with E-state index in [1.165, 1.54) is 32.1 Å². The zero-order valence-electron chi connectivity index (χ0n) is 13.3. The SMILES string of the molecule is O=C(C1CCCCC1)N1CCCC(c2nncn2C2CC2)C1. The van der Waals surface area contributed by atoms with Gasteiger partial charge in [0.1, 0.15) is 12.2 Å². The van der Waals surface area contributed by atoms with Crippen LogP contribution in [0.5, 0.6) is 0 Å². The lowest BCUT2D eigenvalue weighted by atomic mass is 9.87. The zero-order valence-corrected chi connectivity index (χ0v) is 13.3. The van der Waals surface area contributed by atoms with Gasteiger partial charge in [-0.1, -0.05) is 19.3 Å². The molecule has 3 fully saturated rings.